The van der Waals surface area contributed by atoms with Gasteiger partial charge in [0.2, 0.25) is 0 Å². The Balaban J connectivity index is 1.65. The lowest BCUT2D eigenvalue weighted by atomic mass is 10.1. The minimum Gasteiger partial charge on any atom is -0.347 e. The Labute approximate surface area is 151 Å². The fraction of sp³-hybridized carbons (Fsp3) is 0.105. The van der Waals surface area contributed by atoms with Crippen LogP contribution in [0.15, 0.2) is 60.9 Å². The lowest BCUT2D eigenvalue weighted by molar-refractivity contribution is 0.0946. The highest BCUT2D eigenvalue weighted by atomic mass is 35.5. The van der Waals surface area contributed by atoms with E-state index in [9.17, 15) is 4.79 Å². The van der Waals surface area contributed by atoms with Crippen LogP contribution >= 0.6 is 11.6 Å². The number of nitrogens with one attached hydrogen (secondary N) is 2. The van der Waals surface area contributed by atoms with E-state index >= 15 is 0 Å². The first-order chi connectivity index (χ1) is 12.1. The Hall–Kier alpha value is -2.92. The number of carbonyl (C=O) groups is 1. The number of nitrogens with zero attached hydrogens (tertiary/aromatic N) is 2. The van der Waals surface area contributed by atoms with Gasteiger partial charge < -0.3 is 10.6 Å². The molecule has 2 aromatic carbocycles. The van der Waals surface area contributed by atoms with Crippen LogP contribution in [0, 0.1) is 6.92 Å². The number of carbonyl (C=O) groups excluding carboxylic acids is 1. The van der Waals surface area contributed by atoms with Crippen molar-refractivity contribution in [3.63, 3.8) is 0 Å². The first-order valence-electron chi connectivity index (χ1n) is 7.78. The molecule has 2 N–H and O–H groups in total. The highest BCUT2D eigenvalue weighted by Crippen LogP contribution is 2.17. The third-order valence-corrected chi connectivity index (χ3v) is 3.80. The van der Waals surface area contributed by atoms with Crippen LogP contribution in [-0.4, -0.2) is 15.9 Å². The number of amides is 1. The zero-order valence-corrected chi connectivity index (χ0v) is 14.4. The van der Waals surface area contributed by atoms with Gasteiger partial charge in [-0.15, -0.1) is 0 Å². The van der Waals surface area contributed by atoms with Crippen molar-refractivity contribution in [1.82, 2.24) is 15.3 Å². The highest BCUT2D eigenvalue weighted by molar-refractivity contribution is 6.30. The van der Waals surface area contributed by atoms with Crippen molar-refractivity contribution < 1.29 is 4.79 Å². The van der Waals surface area contributed by atoms with E-state index in [-0.39, 0.29) is 5.91 Å². The van der Waals surface area contributed by atoms with E-state index in [2.05, 4.69) is 20.6 Å². The second-order valence-electron chi connectivity index (χ2n) is 5.59. The third kappa shape index (κ3) is 4.78. The normalized spacial score (nSPS) is 10.3. The predicted molar refractivity (Wildman–Crippen MR) is 99.1 cm³/mol. The van der Waals surface area contributed by atoms with Gasteiger partial charge in [0.1, 0.15) is 17.8 Å². The molecular formula is C19H17ClN4O. The number of benzene rings is 2. The number of halogens is 1. The van der Waals surface area contributed by atoms with Crippen LogP contribution in [0.1, 0.15) is 21.6 Å². The molecule has 25 heavy (non-hydrogen) atoms. The van der Waals surface area contributed by atoms with Crippen molar-refractivity contribution in [2.24, 2.45) is 0 Å². The first-order valence-corrected chi connectivity index (χ1v) is 8.16. The molecule has 3 rings (SSSR count). The molecule has 0 saturated carbocycles. The van der Waals surface area contributed by atoms with E-state index in [1.165, 1.54) is 6.33 Å². The SMILES string of the molecule is Cc1cccc(CNC(=O)c2cc(Nc3ccc(Cl)cc3)ncn2)c1. The Morgan fingerprint density at radius 3 is 2.64 bits per heavy atom. The Kier molecular flexibility index (Phi) is 5.26. The molecular weight excluding hydrogens is 336 g/mol. The fourth-order valence-corrected chi connectivity index (χ4v) is 2.45. The van der Waals surface area contributed by atoms with Gasteiger partial charge in [-0.2, -0.15) is 0 Å². The molecule has 0 bridgehead atoms. The molecule has 0 aliphatic heterocycles. The number of aromatic nitrogens is 2. The minimum absolute atomic E-state index is 0.247. The summed E-state index contributed by atoms with van der Waals surface area (Å²) in [7, 11) is 0. The van der Waals surface area contributed by atoms with Gasteiger partial charge >= 0.3 is 0 Å². The highest BCUT2D eigenvalue weighted by Gasteiger charge is 2.09. The topological polar surface area (TPSA) is 66.9 Å². The van der Waals surface area contributed by atoms with Crippen molar-refractivity contribution in [2.45, 2.75) is 13.5 Å². The van der Waals surface area contributed by atoms with Crippen molar-refractivity contribution >= 4 is 29.0 Å². The minimum atomic E-state index is -0.247. The summed E-state index contributed by atoms with van der Waals surface area (Å²) in [4.78, 5) is 20.5. The van der Waals surface area contributed by atoms with Gasteiger partial charge in [0.05, 0.1) is 0 Å². The molecule has 1 amide bonds. The summed E-state index contributed by atoms with van der Waals surface area (Å²) in [6.45, 7) is 2.47. The molecule has 5 nitrogen and oxygen atoms in total. The zero-order valence-electron chi connectivity index (χ0n) is 13.7. The average molecular weight is 353 g/mol. The van der Waals surface area contributed by atoms with Crippen LogP contribution in [0.3, 0.4) is 0 Å². The van der Waals surface area contributed by atoms with E-state index in [1.807, 2.05) is 43.3 Å². The summed E-state index contributed by atoms with van der Waals surface area (Å²) in [6, 6.07) is 16.8. The van der Waals surface area contributed by atoms with Crippen LogP contribution in [-0.2, 0) is 6.54 Å². The van der Waals surface area contributed by atoms with E-state index in [4.69, 9.17) is 11.6 Å². The molecule has 1 aromatic heterocycles. The third-order valence-electron chi connectivity index (χ3n) is 3.55. The molecule has 0 spiro atoms. The van der Waals surface area contributed by atoms with Crippen molar-refractivity contribution in [3.8, 4) is 0 Å². The quantitative estimate of drug-likeness (QED) is 0.725. The van der Waals surface area contributed by atoms with Gasteiger partial charge in [-0.05, 0) is 36.8 Å². The summed E-state index contributed by atoms with van der Waals surface area (Å²) in [6.07, 6.45) is 1.36. The predicted octanol–water partition coefficient (Wildman–Crippen LogP) is 4.11. The van der Waals surface area contributed by atoms with E-state index in [0.717, 1.165) is 16.8 Å². The van der Waals surface area contributed by atoms with Gasteiger partial charge in [-0.25, -0.2) is 9.97 Å². The molecule has 1 heterocycles. The van der Waals surface area contributed by atoms with Crippen LogP contribution in [0.25, 0.3) is 0 Å². The molecule has 3 aromatic rings. The molecule has 0 aliphatic rings. The molecule has 0 atom stereocenters. The lowest BCUT2D eigenvalue weighted by Gasteiger charge is -2.08. The number of aryl methyl sites for hydroxylation is 1. The molecule has 0 fully saturated rings. The summed E-state index contributed by atoms with van der Waals surface area (Å²) < 4.78 is 0. The summed E-state index contributed by atoms with van der Waals surface area (Å²) in [5.41, 5.74) is 3.33. The number of anilines is 2. The largest absolute Gasteiger partial charge is 0.347 e. The molecule has 6 heteroatoms. The monoisotopic (exact) mass is 352 g/mol. The van der Waals surface area contributed by atoms with E-state index in [0.29, 0.717) is 23.1 Å². The summed E-state index contributed by atoms with van der Waals surface area (Å²) in [5, 5.41) is 6.64. The Morgan fingerprint density at radius 1 is 1.08 bits per heavy atom. The van der Waals surface area contributed by atoms with Crippen molar-refractivity contribution in [3.05, 3.63) is 82.8 Å². The summed E-state index contributed by atoms with van der Waals surface area (Å²) >= 11 is 5.87. The maximum Gasteiger partial charge on any atom is 0.270 e. The number of rotatable bonds is 5. The smallest absolute Gasteiger partial charge is 0.270 e. The van der Waals surface area contributed by atoms with Crippen LogP contribution in [0.5, 0.6) is 0 Å². The molecule has 0 radical (unpaired) electrons. The van der Waals surface area contributed by atoms with Crippen LogP contribution < -0.4 is 10.6 Å². The second kappa shape index (κ2) is 7.77. The summed E-state index contributed by atoms with van der Waals surface area (Å²) in [5.74, 6) is 0.293. The fourth-order valence-electron chi connectivity index (χ4n) is 2.33. The average Bonchev–Trinajstić information content (AvgIpc) is 2.62. The van der Waals surface area contributed by atoms with Crippen LogP contribution in [0.4, 0.5) is 11.5 Å². The molecule has 0 saturated heterocycles. The standard InChI is InChI=1S/C19H17ClN4O/c1-13-3-2-4-14(9-13)11-21-19(25)17-10-18(23-12-22-17)24-16-7-5-15(20)6-8-16/h2-10,12H,11H2,1H3,(H,21,25)(H,22,23,24). The maximum absolute atomic E-state index is 12.3. The van der Waals surface area contributed by atoms with Crippen LogP contribution in [0.2, 0.25) is 5.02 Å². The molecule has 126 valence electrons. The molecule has 0 aliphatic carbocycles. The Bertz CT molecular complexity index is 881. The second-order valence-corrected chi connectivity index (χ2v) is 6.03. The van der Waals surface area contributed by atoms with E-state index in [1.54, 1.807) is 18.2 Å². The van der Waals surface area contributed by atoms with E-state index < -0.39 is 0 Å². The van der Waals surface area contributed by atoms with Gasteiger partial charge in [-0.3, -0.25) is 4.79 Å². The lowest BCUT2D eigenvalue weighted by Crippen LogP contribution is -2.24. The Morgan fingerprint density at radius 2 is 1.88 bits per heavy atom. The van der Waals surface area contributed by atoms with Gasteiger partial charge in [0.25, 0.3) is 5.91 Å². The van der Waals surface area contributed by atoms with Crippen molar-refractivity contribution in [1.29, 1.82) is 0 Å². The van der Waals surface area contributed by atoms with Gasteiger partial charge in [0.15, 0.2) is 0 Å². The number of hydrogen-bond acceptors (Lipinski definition) is 4. The van der Waals surface area contributed by atoms with Gasteiger partial charge in [-0.1, -0.05) is 41.4 Å². The number of hydrogen-bond donors (Lipinski definition) is 2. The molecule has 0 unspecified atom stereocenters. The first kappa shape index (κ1) is 16.9. The van der Waals surface area contributed by atoms with Gasteiger partial charge in [0, 0.05) is 23.3 Å². The zero-order chi connectivity index (χ0) is 17.6. The maximum atomic E-state index is 12.3. The van der Waals surface area contributed by atoms with Crippen molar-refractivity contribution in [2.75, 3.05) is 5.32 Å².